The Bertz CT molecular complexity index is 1410. The van der Waals surface area contributed by atoms with Crippen molar-refractivity contribution in [3.8, 4) is 28.6 Å². The van der Waals surface area contributed by atoms with Gasteiger partial charge in [-0.05, 0) is 24.3 Å². The van der Waals surface area contributed by atoms with Gasteiger partial charge in [0.05, 0.1) is 19.3 Å². The summed E-state index contributed by atoms with van der Waals surface area (Å²) in [5, 5.41) is 79.1. The van der Waals surface area contributed by atoms with Crippen molar-refractivity contribution in [1.29, 1.82) is 0 Å². The fourth-order valence-electron chi connectivity index (χ4n) is 4.74. The van der Waals surface area contributed by atoms with Crippen LogP contribution in [0.5, 0.6) is 17.2 Å². The summed E-state index contributed by atoms with van der Waals surface area (Å²) in [5.41, 5.74) is -0.117. The summed E-state index contributed by atoms with van der Waals surface area (Å²) in [4.78, 5) is 12.8. The summed E-state index contributed by atoms with van der Waals surface area (Å²) in [7, 11) is 0. The van der Waals surface area contributed by atoms with E-state index in [-0.39, 0.29) is 34.6 Å². The molecule has 2 fully saturated rings. The normalized spacial score (nSPS) is 32.1. The first-order valence-electron chi connectivity index (χ1n) is 12.8. The summed E-state index contributed by atoms with van der Waals surface area (Å²) in [6.07, 6.45) is -12.0. The van der Waals surface area contributed by atoms with Crippen LogP contribution in [0.25, 0.3) is 22.3 Å². The number of hydrogen-bond donors (Lipinski definition) is 8. The van der Waals surface area contributed by atoms with Crippen molar-refractivity contribution in [2.24, 2.45) is 0 Å². The number of aliphatic hydroxyl groups is 7. The molecule has 2 aromatic carbocycles. The number of phenolic OH excluding ortho intramolecular Hbond substituents is 1. The molecule has 0 radical (unpaired) electrons. The van der Waals surface area contributed by atoms with Crippen LogP contribution in [0.4, 0.5) is 0 Å². The molecular formula is C27H30O14. The van der Waals surface area contributed by atoms with E-state index in [1.807, 2.05) is 0 Å². The molecule has 41 heavy (non-hydrogen) atoms. The average Bonchev–Trinajstić information content (AvgIpc) is 2.95. The number of aromatic hydroxyl groups is 1. The third kappa shape index (κ3) is 5.88. The minimum atomic E-state index is -1.60. The summed E-state index contributed by atoms with van der Waals surface area (Å²) < 4.78 is 27.9. The van der Waals surface area contributed by atoms with Crippen LogP contribution in [-0.4, -0.2) is 109 Å². The molecule has 5 rings (SSSR count). The van der Waals surface area contributed by atoms with Gasteiger partial charge in [-0.15, -0.1) is 0 Å². The van der Waals surface area contributed by atoms with Gasteiger partial charge < -0.3 is 64.2 Å². The molecule has 2 saturated heterocycles. The largest absolute Gasteiger partial charge is 0.507 e. The van der Waals surface area contributed by atoms with Crippen LogP contribution in [0.15, 0.2) is 51.7 Å². The lowest BCUT2D eigenvalue weighted by atomic mass is 9.99. The van der Waals surface area contributed by atoms with Gasteiger partial charge in [-0.3, -0.25) is 4.79 Å². The molecule has 3 aromatic rings. The monoisotopic (exact) mass is 578 g/mol. The fourth-order valence-corrected chi connectivity index (χ4v) is 4.74. The third-order valence-electron chi connectivity index (χ3n) is 7.01. The van der Waals surface area contributed by atoms with Gasteiger partial charge in [-0.2, -0.15) is 0 Å². The standard InChI is InChI=1S/C27H30O14/c28-9-19-23(33)16(32)8-21(40-19)37-13-5-14(30)22-15(31)7-17(39-18(22)6-13)11-1-3-12(4-2-11)38-27-26(36)25(35)24(34)20(10-29)41-27/h1-7,16,19-21,23-30,32-36H,8-10H2/t16-,19-,20+,21-,23+,24-,25-,26+,27+/m1/s1. The zero-order valence-corrected chi connectivity index (χ0v) is 21.4. The van der Waals surface area contributed by atoms with Gasteiger partial charge in [0, 0.05) is 30.2 Å². The van der Waals surface area contributed by atoms with E-state index >= 15 is 0 Å². The lowest BCUT2D eigenvalue weighted by molar-refractivity contribution is -0.277. The van der Waals surface area contributed by atoms with Crippen molar-refractivity contribution in [3.05, 3.63) is 52.7 Å². The number of hydrogen-bond acceptors (Lipinski definition) is 14. The van der Waals surface area contributed by atoms with Crippen LogP contribution in [-0.2, 0) is 9.47 Å². The van der Waals surface area contributed by atoms with E-state index in [0.29, 0.717) is 5.56 Å². The number of fused-ring (bicyclic) bond motifs is 1. The third-order valence-corrected chi connectivity index (χ3v) is 7.01. The van der Waals surface area contributed by atoms with Gasteiger partial charge in [-0.25, -0.2) is 0 Å². The minimum absolute atomic E-state index is 0.0146. The fraction of sp³-hybridized carbons (Fsp3) is 0.444. The highest BCUT2D eigenvalue weighted by molar-refractivity contribution is 5.86. The second-order valence-electron chi connectivity index (χ2n) is 9.83. The summed E-state index contributed by atoms with van der Waals surface area (Å²) in [6, 6.07) is 9.77. The lowest BCUT2D eigenvalue weighted by Crippen LogP contribution is -2.60. The van der Waals surface area contributed by atoms with Crippen LogP contribution < -0.4 is 14.9 Å². The van der Waals surface area contributed by atoms with Gasteiger partial charge in [0.2, 0.25) is 12.6 Å². The van der Waals surface area contributed by atoms with Crippen molar-refractivity contribution in [1.82, 2.24) is 0 Å². The highest BCUT2D eigenvalue weighted by Crippen LogP contribution is 2.34. The first-order valence-corrected chi connectivity index (χ1v) is 12.8. The van der Waals surface area contributed by atoms with Crippen molar-refractivity contribution >= 4 is 11.0 Å². The maximum Gasteiger partial charge on any atom is 0.229 e. The Kier molecular flexibility index (Phi) is 8.47. The molecule has 0 spiro atoms. The Morgan fingerprint density at radius 1 is 0.780 bits per heavy atom. The van der Waals surface area contributed by atoms with Crippen molar-refractivity contribution in [2.45, 2.75) is 61.7 Å². The molecule has 222 valence electrons. The molecule has 0 unspecified atom stereocenters. The van der Waals surface area contributed by atoms with Crippen LogP contribution in [0.3, 0.4) is 0 Å². The van der Waals surface area contributed by atoms with Gasteiger partial charge in [0.1, 0.15) is 70.6 Å². The van der Waals surface area contributed by atoms with Gasteiger partial charge in [-0.1, -0.05) is 0 Å². The number of phenols is 1. The first-order chi connectivity index (χ1) is 19.6. The van der Waals surface area contributed by atoms with Crippen LogP contribution >= 0.6 is 0 Å². The zero-order valence-electron chi connectivity index (χ0n) is 21.4. The highest BCUT2D eigenvalue weighted by atomic mass is 16.7. The number of aliphatic hydroxyl groups excluding tert-OH is 7. The molecule has 0 aliphatic carbocycles. The van der Waals surface area contributed by atoms with Crippen LogP contribution in [0.2, 0.25) is 0 Å². The molecule has 0 amide bonds. The zero-order chi connectivity index (χ0) is 29.4. The lowest BCUT2D eigenvalue weighted by Gasteiger charge is -2.39. The maximum absolute atomic E-state index is 12.8. The Hall–Kier alpha value is -3.31. The first kappa shape index (κ1) is 29.2. The van der Waals surface area contributed by atoms with Gasteiger partial charge in [0.25, 0.3) is 0 Å². The molecule has 8 N–H and O–H groups in total. The van der Waals surface area contributed by atoms with Crippen LogP contribution in [0, 0.1) is 0 Å². The quantitative estimate of drug-likeness (QED) is 0.160. The molecular weight excluding hydrogens is 548 g/mol. The molecule has 3 heterocycles. The van der Waals surface area contributed by atoms with E-state index in [1.165, 1.54) is 30.3 Å². The summed E-state index contributed by atoms with van der Waals surface area (Å²) >= 11 is 0. The maximum atomic E-state index is 12.8. The minimum Gasteiger partial charge on any atom is -0.507 e. The number of rotatable bonds is 7. The predicted octanol–water partition coefficient (Wildman–Crippen LogP) is -1.45. The molecule has 14 nitrogen and oxygen atoms in total. The Morgan fingerprint density at radius 3 is 2.15 bits per heavy atom. The smallest absolute Gasteiger partial charge is 0.229 e. The van der Waals surface area contributed by atoms with E-state index in [0.717, 1.165) is 0 Å². The summed E-state index contributed by atoms with van der Waals surface area (Å²) in [6.45, 7) is -1.15. The van der Waals surface area contributed by atoms with E-state index in [9.17, 15) is 45.6 Å². The van der Waals surface area contributed by atoms with E-state index in [2.05, 4.69) is 0 Å². The Morgan fingerprint density at radius 2 is 1.46 bits per heavy atom. The Balaban J connectivity index is 1.36. The summed E-state index contributed by atoms with van der Waals surface area (Å²) in [5.74, 6) is -0.0400. The molecule has 9 atom stereocenters. The number of ether oxygens (including phenoxy) is 4. The topological polar surface area (TPSA) is 229 Å². The Labute approximate surface area is 231 Å². The van der Waals surface area contributed by atoms with Crippen molar-refractivity contribution in [3.63, 3.8) is 0 Å². The van der Waals surface area contributed by atoms with Gasteiger partial charge in [0.15, 0.2) is 5.43 Å². The molecule has 1 aromatic heterocycles. The van der Waals surface area contributed by atoms with E-state index in [1.54, 1.807) is 12.1 Å². The second-order valence-corrected chi connectivity index (χ2v) is 9.83. The molecule has 2 aliphatic rings. The van der Waals surface area contributed by atoms with Crippen molar-refractivity contribution < 1.29 is 64.2 Å². The van der Waals surface area contributed by atoms with Crippen molar-refractivity contribution in [2.75, 3.05) is 13.2 Å². The highest BCUT2D eigenvalue weighted by Gasteiger charge is 2.44. The SMILES string of the molecule is O=c1cc(-c2ccc(O[C@H]3O[C@@H](CO)[C@@H](O)[C@@H](O)[C@@H]3O)cc2)oc2cc(O[C@H]3C[C@@H](O)[C@H](O)[C@@H](CO)O3)cc(O)c12. The number of benzene rings is 2. The molecule has 0 bridgehead atoms. The van der Waals surface area contributed by atoms with Crippen LogP contribution in [0.1, 0.15) is 6.42 Å². The van der Waals surface area contributed by atoms with Gasteiger partial charge >= 0.3 is 0 Å². The molecule has 0 saturated carbocycles. The predicted molar refractivity (Wildman–Crippen MR) is 137 cm³/mol. The van der Waals surface area contributed by atoms with E-state index in [4.69, 9.17) is 23.4 Å². The van der Waals surface area contributed by atoms with E-state index < -0.39 is 79.7 Å². The molecule has 14 heteroatoms. The molecule has 2 aliphatic heterocycles. The second kappa shape index (κ2) is 11.9. The average molecular weight is 579 g/mol.